The average molecular weight is 416 g/mol. The Hall–Kier alpha value is -1.56. The van der Waals surface area contributed by atoms with Gasteiger partial charge in [-0.3, -0.25) is 14.5 Å². The van der Waals surface area contributed by atoms with Gasteiger partial charge in [0, 0.05) is 26.2 Å². The summed E-state index contributed by atoms with van der Waals surface area (Å²) in [5, 5.41) is 8.96. The van der Waals surface area contributed by atoms with E-state index in [-0.39, 0.29) is 11.7 Å². The third-order valence-electron chi connectivity index (χ3n) is 4.50. The highest BCUT2D eigenvalue weighted by Gasteiger charge is 2.31. The van der Waals surface area contributed by atoms with Crippen molar-refractivity contribution in [1.82, 2.24) is 24.0 Å². The molecule has 1 N–H and O–H groups in total. The summed E-state index contributed by atoms with van der Waals surface area (Å²) in [6.07, 6.45) is 0. The van der Waals surface area contributed by atoms with E-state index in [2.05, 4.69) is 10.2 Å². The molecule has 1 unspecified atom stereocenters. The zero-order chi connectivity index (χ0) is 18.9. The summed E-state index contributed by atoms with van der Waals surface area (Å²) in [7, 11) is -3.22. The maximum Gasteiger partial charge on any atom is 0.245 e. The van der Waals surface area contributed by atoms with Gasteiger partial charge in [0.2, 0.25) is 15.9 Å². The van der Waals surface area contributed by atoms with Crippen LogP contribution in [0.25, 0.3) is 10.7 Å². The molecular weight excluding hydrogens is 394 g/mol. The molecule has 0 aromatic carbocycles. The molecule has 3 heterocycles. The van der Waals surface area contributed by atoms with Crippen molar-refractivity contribution < 1.29 is 13.2 Å². The molecule has 0 radical (unpaired) electrons. The second-order valence-electron chi connectivity index (χ2n) is 6.00. The Bertz CT molecular complexity index is 924. The summed E-state index contributed by atoms with van der Waals surface area (Å²) in [4.78, 5) is 15.6. The van der Waals surface area contributed by atoms with Crippen LogP contribution in [0.1, 0.15) is 19.9 Å². The highest BCUT2D eigenvalue weighted by molar-refractivity contribution is 7.89. The first kappa shape index (κ1) is 19.2. The second kappa shape index (κ2) is 7.59. The molecule has 0 aliphatic carbocycles. The molecule has 0 saturated carbocycles. The van der Waals surface area contributed by atoms with Crippen molar-refractivity contribution in [2.75, 3.05) is 31.9 Å². The first-order chi connectivity index (χ1) is 12.3. The molecule has 0 bridgehead atoms. The summed E-state index contributed by atoms with van der Waals surface area (Å²) in [6.45, 7) is 4.82. The zero-order valence-electron chi connectivity index (χ0n) is 14.6. The molecular formula is C15H21N5O3S3. The SMILES string of the molecule is CCS(=O)(=O)N1CCN(C(=O)C(C)n2c(-c3cccs3)n[nH]c2=S)CC1. The molecule has 1 saturated heterocycles. The fourth-order valence-electron chi connectivity index (χ4n) is 2.99. The predicted molar refractivity (Wildman–Crippen MR) is 103 cm³/mol. The molecule has 1 aliphatic rings. The van der Waals surface area contributed by atoms with Crippen LogP contribution in [0, 0.1) is 4.77 Å². The standard InChI is InChI=1S/C15H21N5O3S3/c1-3-26(22,23)19-8-6-18(7-9-19)14(21)11(2)20-13(16-17-15(20)24)12-5-4-10-25-12/h4-5,10-11H,3,6-9H2,1-2H3,(H,17,24). The lowest BCUT2D eigenvalue weighted by molar-refractivity contribution is -0.135. The number of carbonyl (C=O) groups excluding carboxylic acids is 1. The lowest BCUT2D eigenvalue weighted by Crippen LogP contribution is -2.52. The van der Waals surface area contributed by atoms with Crippen LogP contribution >= 0.6 is 23.6 Å². The molecule has 1 aliphatic heterocycles. The first-order valence-electron chi connectivity index (χ1n) is 8.32. The van der Waals surface area contributed by atoms with E-state index < -0.39 is 16.1 Å². The van der Waals surface area contributed by atoms with Crippen molar-refractivity contribution in [3.05, 3.63) is 22.3 Å². The van der Waals surface area contributed by atoms with Gasteiger partial charge in [-0.25, -0.2) is 8.42 Å². The summed E-state index contributed by atoms with van der Waals surface area (Å²) in [5.41, 5.74) is 0. The Morgan fingerprint density at radius 2 is 2.08 bits per heavy atom. The number of hydrogen-bond donors (Lipinski definition) is 1. The van der Waals surface area contributed by atoms with Gasteiger partial charge in [0.1, 0.15) is 6.04 Å². The summed E-state index contributed by atoms with van der Waals surface area (Å²) >= 11 is 6.84. The van der Waals surface area contributed by atoms with Crippen LogP contribution in [-0.2, 0) is 14.8 Å². The Kier molecular flexibility index (Phi) is 5.61. The molecule has 8 nitrogen and oxygen atoms in total. The van der Waals surface area contributed by atoms with E-state index in [0.717, 1.165) is 4.88 Å². The largest absolute Gasteiger partial charge is 0.338 e. The number of sulfonamides is 1. The van der Waals surface area contributed by atoms with E-state index >= 15 is 0 Å². The topological polar surface area (TPSA) is 91.3 Å². The van der Waals surface area contributed by atoms with E-state index in [1.165, 1.54) is 15.6 Å². The number of carbonyl (C=O) groups is 1. The van der Waals surface area contributed by atoms with Crippen LogP contribution in [-0.4, -0.2) is 70.2 Å². The number of hydrogen-bond acceptors (Lipinski definition) is 6. The number of rotatable bonds is 5. The van der Waals surface area contributed by atoms with Crippen LogP contribution in [0.2, 0.25) is 0 Å². The Morgan fingerprint density at radius 1 is 1.38 bits per heavy atom. The van der Waals surface area contributed by atoms with Crippen LogP contribution in [0.4, 0.5) is 0 Å². The van der Waals surface area contributed by atoms with Gasteiger partial charge in [-0.05, 0) is 37.5 Å². The summed E-state index contributed by atoms with van der Waals surface area (Å²) in [5.74, 6) is 0.623. The maximum atomic E-state index is 12.9. The number of H-pyrrole nitrogens is 1. The highest BCUT2D eigenvalue weighted by atomic mass is 32.2. The molecule has 2 aromatic rings. The quantitative estimate of drug-likeness (QED) is 0.751. The molecule has 1 amide bonds. The van der Waals surface area contributed by atoms with Gasteiger partial charge in [-0.2, -0.15) is 9.40 Å². The van der Waals surface area contributed by atoms with Gasteiger partial charge in [0.15, 0.2) is 10.6 Å². The number of aromatic nitrogens is 3. The average Bonchev–Trinajstić information content (AvgIpc) is 3.30. The van der Waals surface area contributed by atoms with E-state index in [0.29, 0.717) is 36.8 Å². The van der Waals surface area contributed by atoms with Crippen LogP contribution in [0.15, 0.2) is 17.5 Å². The van der Waals surface area contributed by atoms with Crippen LogP contribution < -0.4 is 0 Å². The predicted octanol–water partition coefficient (Wildman–Crippen LogP) is 1.72. The van der Waals surface area contributed by atoms with Crippen molar-refractivity contribution in [3.63, 3.8) is 0 Å². The van der Waals surface area contributed by atoms with Crippen LogP contribution in [0.5, 0.6) is 0 Å². The second-order valence-corrected chi connectivity index (χ2v) is 9.59. The number of aromatic amines is 1. The van der Waals surface area contributed by atoms with Crippen molar-refractivity contribution in [2.45, 2.75) is 19.9 Å². The van der Waals surface area contributed by atoms with Gasteiger partial charge in [0.25, 0.3) is 0 Å². The van der Waals surface area contributed by atoms with Crippen molar-refractivity contribution >= 4 is 39.5 Å². The zero-order valence-corrected chi connectivity index (χ0v) is 17.0. The van der Waals surface area contributed by atoms with Crippen molar-refractivity contribution in [1.29, 1.82) is 0 Å². The lowest BCUT2D eigenvalue weighted by Gasteiger charge is -2.35. The van der Waals surface area contributed by atoms with Crippen molar-refractivity contribution in [2.24, 2.45) is 0 Å². The summed E-state index contributed by atoms with van der Waals surface area (Å²) in [6, 6.07) is 3.33. The molecule has 142 valence electrons. The molecule has 3 rings (SSSR count). The Balaban J connectivity index is 1.76. The van der Waals surface area contributed by atoms with Crippen molar-refractivity contribution in [3.8, 4) is 10.7 Å². The minimum absolute atomic E-state index is 0.0751. The van der Waals surface area contributed by atoms with Gasteiger partial charge in [0.05, 0.1) is 10.6 Å². The number of amides is 1. The van der Waals surface area contributed by atoms with Gasteiger partial charge >= 0.3 is 0 Å². The third kappa shape index (κ3) is 3.61. The van der Waals surface area contributed by atoms with E-state index in [4.69, 9.17) is 12.2 Å². The Labute approximate surface area is 161 Å². The molecule has 2 aromatic heterocycles. The van der Waals surface area contributed by atoms with Crippen LogP contribution in [0.3, 0.4) is 0 Å². The monoisotopic (exact) mass is 415 g/mol. The van der Waals surface area contributed by atoms with E-state index in [1.54, 1.807) is 23.3 Å². The minimum Gasteiger partial charge on any atom is -0.338 e. The molecule has 11 heteroatoms. The smallest absolute Gasteiger partial charge is 0.245 e. The minimum atomic E-state index is -3.22. The van der Waals surface area contributed by atoms with Gasteiger partial charge < -0.3 is 4.90 Å². The van der Waals surface area contributed by atoms with E-state index in [9.17, 15) is 13.2 Å². The van der Waals surface area contributed by atoms with E-state index in [1.807, 2.05) is 17.5 Å². The fraction of sp³-hybridized carbons (Fsp3) is 0.533. The molecule has 26 heavy (non-hydrogen) atoms. The normalized spacial score (nSPS) is 17.4. The fourth-order valence-corrected chi connectivity index (χ4v) is 5.07. The number of nitrogens with zero attached hydrogens (tertiary/aromatic N) is 4. The highest BCUT2D eigenvalue weighted by Crippen LogP contribution is 2.26. The lowest BCUT2D eigenvalue weighted by atomic mass is 10.2. The number of nitrogens with one attached hydrogen (secondary N) is 1. The molecule has 1 atom stereocenters. The van der Waals surface area contributed by atoms with Gasteiger partial charge in [-0.1, -0.05) is 6.07 Å². The number of thiophene rings is 1. The first-order valence-corrected chi connectivity index (χ1v) is 11.2. The Morgan fingerprint density at radius 3 is 2.65 bits per heavy atom. The molecule has 1 fully saturated rings. The molecule has 0 spiro atoms. The summed E-state index contributed by atoms with van der Waals surface area (Å²) < 4.78 is 27.5. The van der Waals surface area contributed by atoms with Gasteiger partial charge in [-0.15, -0.1) is 11.3 Å². The maximum absolute atomic E-state index is 12.9. The number of piperazine rings is 1. The third-order valence-corrected chi connectivity index (χ3v) is 7.53.